The van der Waals surface area contributed by atoms with Gasteiger partial charge in [0.2, 0.25) is 10.0 Å². The van der Waals surface area contributed by atoms with Gasteiger partial charge in [-0.2, -0.15) is 0 Å². The predicted octanol–water partition coefficient (Wildman–Crippen LogP) is 3.42. The van der Waals surface area contributed by atoms with Crippen LogP contribution in [0.2, 0.25) is 5.15 Å². The fraction of sp³-hybridized carbons (Fsp3) is 0.158. The van der Waals surface area contributed by atoms with Crippen LogP contribution in [0.1, 0.15) is 16.4 Å². The average molecular weight is 403 g/mol. The maximum absolute atomic E-state index is 13.4. The first kappa shape index (κ1) is 19.3. The summed E-state index contributed by atoms with van der Waals surface area (Å²) in [5, 5.41) is 2.45. The summed E-state index contributed by atoms with van der Waals surface area (Å²) in [6.45, 7) is 4.25. The Morgan fingerprint density at radius 1 is 1.33 bits per heavy atom. The zero-order valence-electron chi connectivity index (χ0n) is 14.7. The molecule has 0 bridgehead atoms. The number of nitrogens with zero attached hydrogens (tertiary/aromatic N) is 3. The third-order valence-electron chi connectivity index (χ3n) is 4.07. The highest BCUT2D eigenvalue weighted by molar-refractivity contribution is 7.90. The molecule has 0 saturated carbocycles. The van der Waals surface area contributed by atoms with Crippen molar-refractivity contribution in [2.75, 3.05) is 7.05 Å². The van der Waals surface area contributed by atoms with Crippen LogP contribution in [0, 0.1) is 0 Å². The lowest BCUT2D eigenvalue weighted by atomic mass is 10.2. The molecule has 0 aliphatic heterocycles. The number of halogens is 1. The van der Waals surface area contributed by atoms with Crippen LogP contribution in [0.5, 0.6) is 0 Å². The highest BCUT2D eigenvalue weighted by Gasteiger charge is 2.29. The number of aromatic nitrogens is 3. The summed E-state index contributed by atoms with van der Waals surface area (Å²) in [4.78, 5) is 8.10. The van der Waals surface area contributed by atoms with Crippen molar-refractivity contribution in [1.29, 1.82) is 0 Å². The lowest BCUT2D eigenvalue weighted by Crippen LogP contribution is -2.20. The van der Waals surface area contributed by atoms with Crippen LogP contribution >= 0.6 is 11.6 Å². The lowest BCUT2D eigenvalue weighted by molar-refractivity contribution is 0.581. The molecule has 0 aliphatic carbocycles. The van der Waals surface area contributed by atoms with Gasteiger partial charge in [0.25, 0.3) is 0 Å². The van der Waals surface area contributed by atoms with E-state index >= 15 is 0 Å². The maximum atomic E-state index is 13.4. The highest BCUT2D eigenvalue weighted by Crippen LogP contribution is 2.31. The number of hydrogen-bond acceptors (Lipinski definition) is 5. The standard InChI is InChI=1S/C19H19ClN4O2S/c1-3-18(16-5-4-8-22-11-16)27(25,26)24-13-14(10-21-2)9-17(24)15-6-7-19(20)23-12-15/h3-9,11-13,18,21H,1,10H2,2H3. The van der Waals surface area contributed by atoms with Gasteiger partial charge in [0.1, 0.15) is 10.4 Å². The molecule has 8 heteroatoms. The van der Waals surface area contributed by atoms with Crippen molar-refractivity contribution >= 4 is 21.6 Å². The third-order valence-corrected chi connectivity index (χ3v) is 6.25. The Morgan fingerprint density at radius 3 is 2.74 bits per heavy atom. The molecule has 3 aromatic rings. The van der Waals surface area contributed by atoms with Gasteiger partial charge in [0.05, 0.1) is 5.69 Å². The van der Waals surface area contributed by atoms with Crippen molar-refractivity contribution in [2.24, 2.45) is 0 Å². The van der Waals surface area contributed by atoms with E-state index in [9.17, 15) is 8.42 Å². The Balaban J connectivity index is 2.16. The molecular weight excluding hydrogens is 384 g/mol. The fourth-order valence-electron chi connectivity index (χ4n) is 2.84. The predicted molar refractivity (Wildman–Crippen MR) is 107 cm³/mol. The molecule has 27 heavy (non-hydrogen) atoms. The SMILES string of the molecule is C=CC(c1cccnc1)S(=O)(=O)n1cc(CNC)cc1-c1ccc(Cl)nc1. The van der Waals surface area contributed by atoms with Gasteiger partial charge in [-0.3, -0.25) is 4.98 Å². The minimum atomic E-state index is -3.82. The summed E-state index contributed by atoms with van der Waals surface area (Å²) in [6.07, 6.45) is 7.71. The van der Waals surface area contributed by atoms with Crippen molar-refractivity contribution in [3.05, 3.63) is 84.1 Å². The highest BCUT2D eigenvalue weighted by atomic mass is 35.5. The monoisotopic (exact) mass is 402 g/mol. The number of rotatable bonds is 7. The van der Waals surface area contributed by atoms with Gasteiger partial charge in [-0.25, -0.2) is 17.4 Å². The second-order valence-corrected chi connectivity index (χ2v) is 8.24. The van der Waals surface area contributed by atoms with Crippen LogP contribution in [0.3, 0.4) is 0 Å². The molecule has 1 unspecified atom stereocenters. The van der Waals surface area contributed by atoms with E-state index in [0.29, 0.717) is 28.5 Å². The molecule has 0 amide bonds. The molecule has 3 heterocycles. The normalized spacial score (nSPS) is 12.7. The average Bonchev–Trinajstić information content (AvgIpc) is 3.09. The minimum Gasteiger partial charge on any atom is -0.316 e. The number of nitrogens with one attached hydrogen (secondary N) is 1. The molecule has 0 fully saturated rings. The number of hydrogen-bond donors (Lipinski definition) is 1. The quantitative estimate of drug-likeness (QED) is 0.484. The van der Waals surface area contributed by atoms with Crippen molar-refractivity contribution in [3.8, 4) is 11.3 Å². The van der Waals surface area contributed by atoms with E-state index in [2.05, 4.69) is 21.9 Å². The van der Waals surface area contributed by atoms with Gasteiger partial charge in [-0.1, -0.05) is 23.7 Å². The van der Waals surface area contributed by atoms with E-state index < -0.39 is 15.3 Å². The molecule has 6 nitrogen and oxygen atoms in total. The summed E-state index contributed by atoms with van der Waals surface area (Å²) in [5.41, 5.74) is 2.55. The van der Waals surface area contributed by atoms with Crippen LogP contribution in [-0.4, -0.2) is 29.4 Å². The van der Waals surface area contributed by atoms with Crippen LogP contribution in [0.25, 0.3) is 11.3 Å². The molecular formula is C19H19ClN4O2S. The Kier molecular flexibility index (Phi) is 5.74. The zero-order valence-corrected chi connectivity index (χ0v) is 16.3. The smallest absolute Gasteiger partial charge is 0.249 e. The van der Waals surface area contributed by atoms with Gasteiger partial charge in [0, 0.05) is 36.9 Å². The van der Waals surface area contributed by atoms with Gasteiger partial charge >= 0.3 is 0 Å². The Hall–Kier alpha value is -2.48. The van der Waals surface area contributed by atoms with Crippen molar-refractivity contribution in [2.45, 2.75) is 11.8 Å². The first-order chi connectivity index (χ1) is 13.0. The summed E-state index contributed by atoms with van der Waals surface area (Å²) < 4.78 is 28.2. The Bertz CT molecular complexity index is 1030. The molecule has 0 spiro atoms. The van der Waals surface area contributed by atoms with Crippen LogP contribution in [0.15, 0.2) is 67.8 Å². The van der Waals surface area contributed by atoms with E-state index in [1.54, 1.807) is 49.9 Å². The molecule has 0 saturated heterocycles. The van der Waals surface area contributed by atoms with Crippen LogP contribution in [-0.2, 0) is 16.6 Å². The van der Waals surface area contributed by atoms with Crippen molar-refractivity contribution in [3.63, 3.8) is 0 Å². The molecule has 1 N–H and O–H groups in total. The lowest BCUT2D eigenvalue weighted by Gasteiger charge is -2.17. The van der Waals surface area contributed by atoms with E-state index in [0.717, 1.165) is 5.56 Å². The Labute approximate surface area is 163 Å². The summed E-state index contributed by atoms with van der Waals surface area (Å²) in [7, 11) is -2.02. The Morgan fingerprint density at radius 2 is 2.15 bits per heavy atom. The van der Waals surface area contributed by atoms with Gasteiger partial charge in [-0.15, -0.1) is 6.58 Å². The van der Waals surface area contributed by atoms with Crippen molar-refractivity contribution < 1.29 is 8.42 Å². The second kappa shape index (κ2) is 8.04. The van der Waals surface area contributed by atoms with E-state index in [4.69, 9.17) is 11.6 Å². The first-order valence-electron chi connectivity index (χ1n) is 8.22. The largest absolute Gasteiger partial charge is 0.316 e. The molecule has 0 aromatic carbocycles. The molecule has 0 aliphatic rings. The second-order valence-electron chi connectivity index (χ2n) is 5.92. The van der Waals surface area contributed by atoms with Gasteiger partial charge in [0.15, 0.2) is 0 Å². The summed E-state index contributed by atoms with van der Waals surface area (Å²) >= 11 is 5.87. The molecule has 0 radical (unpaired) electrons. The summed E-state index contributed by atoms with van der Waals surface area (Å²) in [5.74, 6) is 0. The van der Waals surface area contributed by atoms with Crippen LogP contribution in [0.4, 0.5) is 0 Å². The molecule has 140 valence electrons. The minimum absolute atomic E-state index is 0.342. The summed E-state index contributed by atoms with van der Waals surface area (Å²) in [6, 6.07) is 8.62. The van der Waals surface area contributed by atoms with Gasteiger partial charge < -0.3 is 5.32 Å². The third kappa shape index (κ3) is 3.95. The van der Waals surface area contributed by atoms with E-state index in [1.807, 2.05) is 6.07 Å². The zero-order chi connectivity index (χ0) is 19.4. The topological polar surface area (TPSA) is 76.9 Å². The molecule has 1 atom stereocenters. The van der Waals surface area contributed by atoms with E-state index in [1.165, 1.54) is 16.2 Å². The molecule has 3 rings (SSSR count). The first-order valence-corrected chi connectivity index (χ1v) is 10.1. The van der Waals surface area contributed by atoms with Crippen LogP contribution < -0.4 is 5.32 Å². The number of pyridine rings is 2. The van der Waals surface area contributed by atoms with E-state index in [-0.39, 0.29) is 0 Å². The maximum Gasteiger partial charge on any atom is 0.249 e. The van der Waals surface area contributed by atoms with Crippen molar-refractivity contribution in [1.82, 2.24) is 19.3 Å². The fourth-order valence-corrected chi connectivity index (χ4v) is 4.64. The molecule has 3 aromatic heterocycles. The van der Waals surface area contributed by atoms with Gasteiger partial charge in [-0.05, 0) is 42.4 Å².